The van der Waals surface area contributed by atoms with Crippen molar-refractivity contribution >= 4 is 0 Å². The Bertz CT molecular complexity index is 373. The van der Waals surface area contributed by atoms with Crippen molar-refractivity contribution in [2.24, 2.45) is 5.92 Å². The Kier molecular flexibility index (Phi) is 2.55. The third kappa shape index (κ3) is 1.48. The van der Waals surface area contributed by atoms with Gasteiger partial charge in [0, 0.05) is 11.8 Å². The van der Waals surface area contributed by atoms with Crippen LogP contribution >= 0.6 is 0 Å². The molecule has 0 unspecified atom stereocenters. The van der Waals surface area contributed by atoms with Crippen molar-refractivity contribution < 1.29 is 9.50 Å². The van der Waals surface area contributed by atoms with E-state index in [1.54, 1.807) is 6.07 Å². The van der Waals surface area contributed by atoms with Gasteiger partial charge in [-0.15, -0.1) is 0 Å². The van der Waals surface area contributed by atoms with Crippen molar-refractivity contribution in [1.29, 1.82) is 0 Å². The predicted molar refractivity (Wildman–Crippen MR) is 58.4 cm³/mol. The van der Waals surface area contributed by atoms with Crippen molar-refractivity contribution in [3.63, 3.8) is 0 Å². The lowest BCUT2D eigenvalue weighted by molar-refractivity contribution is 0.115. The fraction of sp³-hybridized carbons (Fsp3) is 0.538. The molecule has 0 amide bonds. The molecular formula is C13H17FO. The molecular weight excluding hydrogens is 191 g/mol. The fourth-order valence-electron chi connectivity index (χ4n) is 2.70. The summed E-state index contributed by atoms with van der Waals surface area (Å²) in [6, 6.07) is 5.13. The molecule has 15 heavy (non-hydrogen) atoms. The molecule has 82 valence electrons. The first-order chi connectivity index (χ1) is 7.04. The topological polar surface area (TPSA) is 20.2 Å². The predicted octanol–water partition coefficient (Wildman–Crippen LogP) is 3.04. The molecule has 1 aliphatic rings. The molecule has 0 spiro atoms. The van der Waals surface area contributed by atoms with Gasteiger partial charge in [-0.2, -0.15) is 0 Å². The summed E-state index contributed by atoms with van der Waals surface area (Å²) < 4.78 is 13.7. The summed E-state index contributed by atoms with van der Waals surface area (Å²) >= 11 is 0. The number of hydrogen-bond acceptors (Lipinski definition) is 1. The van der Waals surface area contributed by atoms with Gasteiger partial charge < -0.3 is 5.11 Å². The van der Waals surface area contributed by atoms with Crippen LogP contribution in [0, 0.1) is 11.7 Å². The highest BCUT2D eigenvalue weighted by atomic mass is 19.1. The molecule has 0 saturated heterocycles. The van der Waals surface area contributed by atoms with Gasteiger partial charge in [0.05, 0.1) is 6.10 Å². The Morgan fingerprint density at radius 3 is 2.60 bits per heavy atom. The maximum atomic E-state index is 13.7. The number of fused-ring (bicyclic) bond motifs is 1. The molecule has 0 fully saturated rings. The molecule has 0 saturated carbocycles. The quantitative estimate of drug-likeness (QED) is 0.752. The van der Waals surface area contributed by atoms with Crippen LogP contribution in [0.15, 0.2) is 18.2 Å². The second-order valence-electron chi connectivity index (χ2n) is 4.79. The number of aliphatic hydroxyl groups excluding tert-OH is 1. The highest BCUT2D eigenvalue weighted by Gasteiger charge is 2.40. The lowest BCUT2D eigenvalue weighted by Crippen LogP contribution is -2.21. The first-order valence-corrected chi connectivity index (χ1v) is 5.50. The summed E-state index contributed by atoms with van der Waals surface area (Å²) in [5.74, 6) is 0.0782. The van der Waals surface area contributed by atoms with Crippen molar-refractivity contribution in [2.75, 3.05) is 0 Å². The van der Waals surface area contributed by atoms with Gasteiger partial charge in [-0.3, -0.25) is 0 Å². The van der Waals surface area contributed by atoms with Gasteiger partial charge >= 0.3 is 0 Å². The smallest absolute Gasteiger partial charge is 0.127 e. The van der Waals surface area contributed by atoms with Crippen molar-refractivity contribution in [3.8, 4) is 0 Å². The highest BCUT2D eigenvalue weighted by Crippen LogP contribution is 2.46. The van der Waals surface area contributed by atoms with E-state index < -0.39 is 6.10 Å². The van der Waals surface area contributed by atoms with Crippen molar-refractivity contribution in [3.05, 3.63) is 35.1 Å². The molecule has 1 aliphatic carbocycles. The SMILES string of the molecule is CC(C)[C@@H]1c2c(F)cccc2[C@@H](C)[C@@H]1O. The Morgan fingerprint density at radius 2 is 2.00 bits per heavy atom. The zero-order valence-corrected chi connectivity index (χ0v) is 9.37. The zero-order valence-electron chi connectivity index (χ0n) is 9.37. The van der Waals surface area contributed by atoms with Gasteiger partial charge in [0.15, 0.2) is 0 Å². The molecule has 0 aromatic heterocycles. The van der Waals surface area contributed by atoms with E-state index in [0.717, 1.165) is 11.1 Å². The molecule has 3 atom stereocenters. The summed E-state index contributed by atoms with van der Waals surface area (Å²) in [5.41, 5.74) is 1.70. The van der Waals surface area contributed by atoms with E-state index in [1.165, 1.54) is 6.07 Å². The Labute approximate surface area is 89.9 Å². The van der Waals surface area contributed by atoms with E-state index in [9.17, 15) is 9.50 Å². The van der Waals surface area contributed by atoms with E-state index in [4.69, 9.17) is 0 Å². The third-order valence-electron chi connectivity index (χ3n) is 3.51. The largest absolute Gasteiger partial charge is 0.392 e. The molecule has 1 aromatic carbocycles. The third-order valence-corrected chi connectivity index (χ3v) is 3.51. The monoisotopic (exact) mass is 208 g/mol. The van der Waals surface area contributed by atoms with Gasteiger partial charge in [0.1, 0.15) is 5.82 Å². The minimum absolute atomic E-state index is 0.0445. The molecule has 2 rings (SSSR count). The van der Waals surface area contributed by atoms with Crippen LogP contribution in [0.3, 0.4) is 0 Å². The van der Waals surface area contributed by atoms with Crippen LogP contribution in [0.4, 0.5) is 4.39 Å². The maximum Gasteiger partial charge on any atom is 0.127 e. The average Bonchev–Trinajstić information content (AvgIpc) is 2.43. The van der Waals surface area contributed by atoms with E-state index >= 15 is 0 Å². The van der Waals surface area contributed by atoms with Crippen LogP contribution in [-0.2, 0) is 0 Å². The summed E-state index contributed by atoms with van der Waals surface area (Å²) in [7, 11) is 0. The minimum atomic E-state index is -0.447. The van der Waals surface area contributed by atoms with Crippen LogP contribution in [0.2, 0.25) is 0 Å². The van der Waals surface area contributed by atoms with E-state index in [0.29, 0.717) is 0 Å². The number of hydrogen-bond donors (Lipinski definition) is 1. The van der Waals surface area contributed by atoms with E-state index in [2.05, 4.69) is 0 Å². The first kappa shape index (κ1) is 10.6. The first-order valence-electron chi connectivity index (χ1n) is 5.50. The summed E-state index contributed by atoms with van der Waals surface area (Å²) in [4.78, 5) is 0. The lowest BCUT2D eigenvalue weighted by Gasteiger charge is -2.21. The molecule has 0 radical (unpaired) electrons. The van der Waals surface area contributed by atoms with E-state index in [1.807, 2.05) is 26.8 Å². The maximum absolute atomic E-state index is 13.7. The molecule has 0 aliphatic heterocycles. The van der Waals surface area contributed by atoms with Crippen LogP contribution in [0.1, 0.15) is 43.7 Å². The van der Waals surface area contributed by atoms with Crippen LogP contribution in [-0.4, -0.2) is 11.2 Å². The molecule has 1 nitrogen and oxygen atoms in total. The highest BCUT2D eigenvalue weighted by molar-refractivity contribution is 5.41. The Morgan fingerprint density at radius 1 is 1.33 bits per heavy atom. The van der Waals surface area contributed by atoms with Gasteiger partial charge in [0.2, 0.25) is 0 Å². The minimum Gasteiger partial charge on any atom is -0.392 e. The molecule has 1 aromatic rings. The normalized spacial score (nSPS) is 29.6. The molecule has 0 heterocycles. The van der Waals surface area contributed by atoms with Crippen LogP contribution < -0.4 is 0 Å². The summed E-state index contributed by atoms with van der Waals surface area (Å²) in [6.07, 6.45) is -0.447. The van der Waals surface area contributed by atoms with Gasteiger partial charge in [-0.25, -0.2) is 4.39 Å². The number of halogens is 1. The molecule has 2 heteroatoms. The average molecular weight is 208 g/mol. The fourth-order valence-corrected chi connectivity index (χ4v) is 2.70. The molecule has 1 N–H and O–H groups in total. The summed E-state index contributed by atoms with van der Waals surface area (Å²) in [5, 5.41) is 10.1. The van der Waals surface area contributed by atoms with Gasteiger partial charge in [-0.1, -0.05) is 32.9 Å². The van der Waals surface area contributed by atoms with Gasteiger partial charge in [-0.05, 0) is 23.1 Å². The second kappa shape index (κ2) is 3.60. The summed E-state index contributed by atoms with van der Waals surface area (Å²) in [6.45, 7) is 6.02. The standard InChI is InChI=1S/C13H17FO/c1-7(2)11-12-9(8(3)13(11)15)5-4-6-10(12)14/h4-8,11,13,15H,1-3H3/t8-,11-,13+/m1/s1. The van der Waals surface area contributed by atoms with Gasteiger partial charge in [0.25, 0.3) is 0 Å². The number of rotatable bonds is 1. The Hall–Kier alpha value is -0.890. The van der Waals surface area contributed by atoms with Crippen molar-refractivity contribution in [1.82, 2.24) is 0 Å². The van der Waals surface area contributed by atoms with Crippen LogP contribution in [0.5, 0.6) is 0 Å². The van der Waals surface area contributed by atoms with Crippen molar-refractivity contribution in [2.45, 2.75) is 38.7 Å². The number of benzene rings is 1. The Balaban J connectivity index is 2.57. The van der Waals surface area contributed by atoms with E-state index in [-0.39, 0.29) is 23.6 Å². The second-order valence-corrected chi connectivity index (χ2v) is 4.79. The number of aliphatic hydroxyl groups is 1. The van der Waals surface area contributed by atoms with Crippen LogP contribution in [0.25, 0.3) is 0 Å². The zero-order chi connectivity index (χ0) is 11.2. The lowest BCUT2D eigenvalue weighted by atomic mass is 9.87. The molecule has 0 bridgehead atoms.